The number of nitrogens with zero attached hydrogens (tertiary/aromatic N) is 1. The maximum Gasteiger partial charge on any atom is 0.429 e. The van der Waals surface area contributed by atoms with E-state index < -0.39 is 12.0 Å². The van der Waals surface area contributed by atoms with Gasteiger partial charge in [-0.3, -0.25) is 10.2 Å². The second-order valence-corrected chi connectivity index (χ2v) is 4.74. The first-order valence-electron chi connectivity index (χ1n) is 7.19. The van der Waals surface area contributed by atoms with Gasteiger partial charge in [-0.1, -0.05) is 42.5 Å². The van der Waals surface area contributed by atoms with Crippen molar-refractivity contribution in [3.63, 3.8) is 0 Å². The number of ether oxygens (including phenoxy) is 1. The highest BCUT2D eigenvalue weighted by atomic mass is 16.6. The second kappa shape index (κ2) is 7.84. The van der Waals surface area contributed by atoms with Crippen molar-refractivity contribution in [3.05, 3.63) is 65.7 Å². The Labute approximate surface area is 134 Å². The number of phenolic OH excluding ortho intramolecular Hbond substituents is 1. The fourth-order valence-corrected chi connectivity index (χ4v) is 1.90. The second-order valence-electron chi connectivity index (χ2n) is 4.74. The summed E-state index contributed by atoms with van der Waals surface area (Å²) in [5.74, 6) is -0.736. The summed E-state index contributed by atoms with van der Waals surface area (Å²) in [4.78, 5) is 24.1. The fraction of sp³-hybridized carbons (Fsp3) is 0.176. The molecular weight excluding hydrogens is 296 g/mol. The Bertz CT molecular complexity index is 673. The molecule has 0 atom stereocenters. The maximum absolute atomic E-state index is 12.1. The molecule has 6 heteroatoms. The summed E-state index contributed by atoms with van der Waals surface area (Å²) in [6.45, 7) is 2.05. The molecule has 6 nitrogen and oxygen atoms in total. The molecule has 0 saturated carbocycles. The van der Waals surface area contributed by atoms with E-state index in [9.17, 15) is 14.7 Å². The van der Waals surface area contributed by atoms with Crippen molar-refractivity contribution in [1.29, 1.82) is 0 Å². The number of hydrazine groups is 1. The van der Waals surface area contributed by atoms with Crippen LogP contribution in [0, 0.1) is 0 Å². The number of para-hydroxylation sites is 1. The van der Waals surface area contributed by atoms with Gasteiger partial charge in [-0.05, 0) is 24.6 Å². The predicted molar refractivity (Wildman–Crippen MR) is 84.6 cm³/mol. The van der Waals surface area contributed by atoms with Crippen molar-refractivity contribution in [1.82, 2.24) is 10.4 Å². The van der Waals surface area contributed by atoms with Gasteiger partial charge in [0.2, 0.25) is 0 Å². The number of hydrogen-bond acceptors (Lipinski definition) is 4. The summed E-state index contributed by atoms with van der Waals surface area (Å²) >= 11 is 0. The topological polar surface area (TPSA) is 78.9 Å². The molecule has 0 bridgehead atoms. The first-order valence-corrected chi connectivity index (χ1v) is 7.19. The van der Waals surface area contributed by atoms with E-state index in [-0.39, 0.29) is 24.5 Å². The van der Waals surface area contributed by atoms with E-state index in [0.717, 1.165) is 10.6 Å². The zero-order valence-electron chi connectivity index (χ0n) is 12.7. The molecule has 0 fully saturated rings. The number of amides is 2. The smallest absolute Gasteiger partial charge is 0.429 e. The predicted octanol–water partition coefficient (Wildman–Crippen LogP) is 2.70. The molecule has 0 heterocycles. The van der Waals surface area contributed by atoms with Crippen molar-refractivity contribution in [2.45, 2.75) is 13.5 Å². The maximum atomic E-state index is 12.1. The van der Waals surface area contributed by atoms with Crippen LogP contribution in [0.4, 0.5) is 4.79 Å². The van der Waals surface area contributed by atoms with Crippen LogP contribution in [0.5, 0.6) is 5.75 Å². The van der Waals surface area contributed by atoms with Crippen LogP contribution in [-0.4, -0.2) is 28.7 Å². The number of carbonyl (C=O) groups is 2. The molecule has 23 heavy (non-hydrogen) atoms. The van der Waals surface area contributed by atoms with E-state index in [0.29, 0.717) is 0 Å². The highest BCUT2D eigenvalue weighted by molar-refractivity contribution is 5.97. The van der Waals surface area contributed by atoms with Crippen LogP contribution in [0.2, 0.25) is 0 Å². The molecule has 120 valence electrons. The molecule has 0 aliphatic rings. The number of phenols is 1. The molecular formula is C17H18N2O4. The average molecular weight is 314 g/mol. The summed E-state index contributed by atoms with van der Waals surface area (Å²) in [6, 6.07) is 15.3. The summed E-state index contributed by atoms with van der Waals surface area (Å²) in [6.07, 6.45) is -0.667. The van der Waals surface area contributed by atoms with Gasteiger partial charge in [0.15, 0.2) is 0 Å². The first kappa shape index (κ1) is 16.4. The largest absolute Gasteiger partial charge is 0.507 e. The average Bonchev–Trinajstić information content (AvgIpc) is 2.58. The van der Waals surface area contributed by atoms with Gasteiger partial charge in [0, 0.05) is 6.54 Å². The normalized spacial score (nSPS) is 9.96. The van der Waals surface area contributed by atoms with Crippen LogP contribution >= 0.6 is 0 Å². The van der Waals surface area contributed by atoms with Crippen molar-refractivity contribution >= 4 is 12.0 Å². The highest BCUT2D eigenvalue weighted by Gasteiger charge is 2.18. The number of carbonyl (C=O) groups excluding carboxylic acids is 2. The van der Waals surface area contributed by atoms with Crippen LogP contribution in [0.3, 0.4) is 0 Å². The van der Waals surface area contributed by atoms with Gasteiger partial charge in [-0.25, -0.2) is 9.80 Å². The molecule has 2 amide bonds. The third-order valence-electron chi connectivity index (χ3n) is 3.13. The van der Waals surface area contributed by atoms with E-state index >= 15 is 0 Å². The summed E-state index contributed by atoms with van der Waals surface area (Å²) in [5, 5.41) is 10.7. The fourth-order valence-electron chi connectivity index (χ4n) is 1.90. The molecule has 2 rings (SSSR count). The lowest BCUT2D eigenvalue weighted by atomic mass is 10.2. The van der Waals surface area contributed by atoms with Gasteiger partial charge in [0.25, 0.3) is 5.91 Å². The number of nitrogens with one attached hydrogen (secondary N) is 1. The van der Waals surface area contributed by atoms with E-state index in [1.54, 1.807) is 19.1 Å². The van der Waals surface area contributed by atoms with Crippen LogP contribution < -0.4 is 5.43 Å². The molecule has 0 aromatic heterocycles. The van der Waals surface area contributed by atoms with E-state index in [2.05, 4.69) is 5.43 Å². The highest BCUT2D eigenvalue weighted by Crippen LogP contribution is 2.15. The zero-order valence-corrected chi connectivity index (χ0v) is 12.7. The first-order chi connectivity index (χ1) is 11.1. The SMILES string of the molecule is CCN(NC(=O)c1ccccc1O)C(=O)OCc1ccccc1. The summed E-state index contributed by atoms with van der Waals surface area (Å²) in [5.41, 5.74) is 3.36. The van der Waals surface area contributed by atoms with Gasteiger partial charge in [-0.15, -0.1) is 0 Å². The minimum Gasteiger partial charge on any atom is -0.507 e. The molecule has 0 aliphatic heterocycles. The van der Waals surface area contributed by atoms with Crippen molar-refractivity contribution in [2.75, 3.05) is 6.54 Å². The molecule has 0 spiro atoms. The minimum absolute atomic E-state index is 0.0850. The Kier molecular flexibility index (Phi) is 5.57. The van der Waals surface area contributed by atoms with E-state index in [1.807, 2.05) is 30.3 Å². The molecule has 2 N–H and O–H groups in total. The minimum atomic E-state index is -0.667. The lowest BCUT2D eigenvalue weighted by molar-refractivity contribution is 0.0628. The zero-order chi connectivity index (χ0) is 16.7. The molecule has 0 unspecified atom stereocenters. The van der Waals surface area contributed by atoms with Gasteiger partial charge in [0.1, 0.15) is 12.4 Å². The number of rotatable bonds is 4. The molecule has 2 aromatic carbocycles. The third-order valence-corrected chi connectivity index (χ3v) is 3.13. The van der Waals surface area contributed by atoms with Crippen LogP contribution in [0.15, 0.2) is 54.6 Å². The van der Waals surface area contributed by atoms with Crippen molar-refractivity contribution < 1.29 is 19.4 Å². The Morgan fingerprint density at radius 1 is 1.09 bits per heavy atom. The number of aromatic hydroxyl groups is 1. The Balaban J connectivity index is 1.95. The van der Waals surface area contributed by atoms with E-state index in [4.69, 9.17) is 4.74 Å². The quantitative estimate of drug-likeness (QED) is 0.851. The Morgan fingerprint density at radius 3 is 2.39 bits per heavy atom. The van der Waals surface area contributed by atoms with Gasteiger partial charge in [0.05, 0.1) is 5.56 Å². The van der Waals surface area contributed by atoms with Gasteiger partial charge in [-0.2, -0.15) is 0 Å². The summed E-state index contributed by atoms with van der Waals surface area (Å²) < 4.78 is 5.16. The molecule has 0 radical (unpaired) electrons. The van der Waals surface area contributed by atoms with Crippen molar-refractivity contribution in [2.24, 2.45) is 0 Å². The molecule has 0 saturated heterocycles. The lowest BCUT2D eigenvalue weighted by Gasteiger charge is -2.21. The Morgan fingerprint density at radius 2 is 1.74 bits per heavy atom. The van der Waals surface area contributed by atoms with Crippen molar-refractivity contribution in [3.8, 4) is 5.75 Å². The van der Waals surface area contributed by atoms with Crippen LogP contribution in [0.1, 0.15) is 22.8 Å². The monoisotopic (exact) mass is 314 g/mol. The van der Waals surface area contributed by atoms with Crippen LogP contribution in [-0.2, 0) is 11.3 Å². The summed E-state index contributed by atoms with van der Waals surface area (Å²) in [7, 11) is 0. The van der Waals surface area contributed by atoms with Gasteiger partial charge >= 0.3 is 6.09 Å². The Hall–Kier alpha value is -3.02. The molecule has 2 aromatic rings. The molecule has 0 aliphatic carbocycles. The lowest BCUT2D eigenvalue weighted by Crippen LogP contribution is -2.46. The standard InChI is InChI=1S/C17H18N2O4/c1-2-19(17(22)23-12-13-8-4-3-5-9-13)18-16(21)14-10-6-7-11-15(14)20/h3-11,20H,2,12H2,1H3,(H,18,21). The number of hydrogen-bond donors (Lipinski definition) is 2. The van der Waals surface area contributed by atoms with Crippen LogP contribution in [0.25, 0.3) is 0 Å². The number of benzene rings is 2. The third kappa shape index (κ3) is 4.47. The van der Waals surface area contributed by atoms with Gasteiger partial charge < -0.3 is 9.84 Å². The van der Waals surface area contributed by atoms with E-state index in [1.165, 1.54) is 12.1 Å².